The second-order valence-electron chi connectivity index (χ2n) is 7.06. The molecular formula is C24H18Cl4N2O5. The highest BCUT2D eigenvalue weighted by atomic mass is 35.5. The first-order valence-electron chi connectivity index (χ1n) is 10.1. The van der Waals surface area contributed by atoms with Gasteiger partial charge in [0.1, 0.15) is 11.5 Å². The summed E-state index contributed by atoms with van der Waals surface area (Å²) in [5.41, 5.74) is 0.808. The van der Waals surface area contributed by atoms with Crippen molar-refractivity contribution in [1.82, 2.24) is 0 Å². The first-order valence-corrected chi connectivity index (χ1v) is 11.6. The Hall–Kier alpha value is -2.97. The second-order valence-corrected chi connectivity index (χ2v) is 8.69. The third-order valence-electron chi connectivity index (χ3n) is 4.41. The topological polar surface area (TPSA) is 93.7 Å². The maximum atomic E-state index is 12.1. The molecule has 182 valence electrons. The van der Waals surface area contributed by atoms with Crippen LogP contribution in [0.4, 0.5) is 11.4 Å². The summed E-state index contributed by atoms with van der Waals surface area (Å²) in [4.78, 5) is 36.0. The Morgan fingerprint density at radius 2 is 1.51 bits per heavy atom. The molecule has 0 aliphatic rings. The largest absolute Gasteiger partial charge is 0.456 e. The summed E-state index contributed by atoms with van der Waals surface area (Å²) in [6.07, 6.45) is -0.327. The number of rotatable bonds is 9. The number of ether oxygens (including phenoxy) is 2. The standard InChI is InChI=1S/C24H18Cl4N2O5/c25-14-4-9-20(18(27)12-14)35-16-7-5-15(6-8-16)29-21(31)10-11-23(33)34-13-22(32)30-19-3-1-2-17(26)24(19)28/h1-9,12H,10-11,13H2,(H,29,31)(H,30,32). The maximum Gasteiger partial charge on any atom is 0.306 e. The van der Waals surface area contributed by atoms with Gasteiger partial charge in [0.15, 0.2) is 6.61 Å². The number of nitrogens with one attached hydrogen (secondary N) is 2. The van der Waals surface area contributed by atoms with Gasteiger partial charge in [0.25, 0.3) is 5.91 Å². The van der Waals surface area contributed by atoms with E-state index >= 15 is 0 Å². The van der Waals surface area contributed by atoms with Crippen LogP contribution in [0.25, 0.3) is 0 Å². The van der Waals surface area contributed by atoms with Crippen LogP contribution in [0.3, 0.4) is 0 Å². The number of halogens is 4. The normalized spacial score (nSPS) is 10.4. The van der Waals surface area contributed by atoms with Crippen molar-refractivity contribution in [2.45, 2.75) is 12.8 Å². The molecule has 2 N–H and O–H groups in total. The molecule has 0 spiro atoms. The number of carbonyl (C=O) groups is 3. The molecule has 3 aromatic carbocycles. The van der Waals surface area contributed by atoms with E-state index in [1.807, 2.05) is 0 Å². The summed E-state index contributed by atoms with van der Waals surface area (Å²) in [6.45, 7) is -0.525. The predicted molar refractivity (Wildman–Crippen MR) is 137 cm³/mol. The minimum atomic E-state index is -0.698. The quantitative estimate of drug-likeness (QED) is 0.277. The van der Waals surface area contributed by atoms with E-state index in [0.29, 0.717) is 32.9 Å². The molecule has 0 aromatic heterocycles. The van der Waals surface area contributed by atoms with E-state index in [9.17, 15) is 14.4 Å². The van der Waals surface area contributed by atoms with Crippen LogP contribution in [0, 0.1) is 0 Å². The van der Waals surface area contributed by atoms with Gasteiger partial charge in [-0.3, -0.25) is 14.4 Å². The van der Waals surface area contributed by atoms with Crippen LogP contribution < -0.4 is 15.4 Å². The van der Waals surface area contributed by atoms with Crippen LogP contribution in [-0.2, 0) is 19.1 Å². The summed E-state index contributed by atoms with van der Waals surface area (Å²) < 4.78 is 10.6. The highest BCUT2D eigenvalue weighted by Gasteiger charge is 2.13. The molecule has 0 saturated heterocycles. The SMILES string of the molecule is O=C(CCC(=O)OCC(=O)Nc1cccc(Cl)c1Cl)Nc1ccc(Oc2ccc(Cl)cc2Cl)cc1. The van der Waals surface area contributed by atoms with Crippen molar-refractivity contribution >= 4 is 75.6 Å². The Bertz CT molecular complexity index is 1240. The fourth-order valence-corrected chi connectivity index (χ4v) is 3.53. The number of hydrogen-bond acceptors (Lipinski definition) is 5. The lowest BCUT2D eigenvalue weighted by molar-refractivity contribution is -0.147. The Morgan fingerprint density at radius 3 is 2.23 bits per heavy atom. The molecule has 0 heterocycles. The molecular weight excluding hydrogens is 538 g/mol. The Balaban J connectivity index is 1.39. The first kappa shape index (κ1) is 26.6. The zero-order chi connectivity index (χ0) is 25.4. The maximum absolute atomic E-state index is 12.1. The minimum absolute atomic E-state index is 0.126. The lowest BCUT2D eigenvalue weighted by Gasteiger charge is -2.10. The van der Waals surface area contributed by atoms with Gasteiger partial charge in [-0.1, -0.05) is 52.5 Å². The molecule has 0 aliphatic heterocycles. The van der Waals surface area contributed by atoms with Crippen molar-refractivity contribution in [2.24, 2.45) is 0 Å². The lowest BCUT2D eigenvalue weighted by Crippen LogP contribution is -2.22. The molecule has 2 amide bonds. The van der Waals surface area contributed by atoms with Crippen molar-refractivity contribution in [3.8, 4) is 11.5 Å². The Kier molecular flexibility index (Phi) is 9.63. The van der Waals surface area contributed by atoms with E-state index in [1.54, 1.807) is 60.7 Å². The van der Waals surface area contributed by atoms with Gasteiger partial charge in [0.2, 0.25) is 5.91 Å². The highest BCUT2D eigenvalue weighted by molar-refractivity contribution is 6.44. The average molecular weight is 556 g/mol. The molecule has 0 atom stereocenters. The number of carbonyl (C=O) groups excluding carboxylic acids is 3. The third-order valence-corrected chi connectivity index (χ3v) is 5.76. The van der Waals surface area contributed by atoms with Gasteiger partial charge in [-0.2, -0.15) is 0 Å². The van der Waals surface area contributed by atoms with E-state index in [0.717, 1.165) is 0 Å². The van der Waals surface area contributed by atoms with Crippen LogP contribution in [0.1, 0.15) is 12.8 Å². The fraction of sp³-hybridized carbons (Fsp3) is 0.125. The Labute approximate surface area is 221 Å². The van der Waals surface area contributed by atoms with Crippen molar-refractivity contribution in [3.05, 3.63) is 80.8 Å². The van der Waals surface area contributed by atoms with Crippen molar-refractivity contribution in [2.75, 3.05) is 17.2 Å². The van der Waals surface area contributed by atoms with Gasteiger partial charge >= 0.3 is 5.97 Å². The van der Waals surface area contributed by atoms with E-state index in [1.165, 1.54) is 0 Å². The molecule has 0 unspecified atom stereocenters. The second kappa shape index (κ2) is 12.7. The van der Waals surface area contributed by atoms with Crippen LogP contribution >= 0.6 is 46.4 Å². The molecule has 35 heavy (non-hydrogen) atoms. The summed E-state index contributed by atoms with van der Waals surface area (Å²) in [5, 5.41) is 6.48. The monoisotopic (exact) mass is 554 g/mol. The van der Waals surface area contributed by atoms with E-state index in [2.05, 4.69) is 10.6 Å². The van der Waals surface area contributed by atoms with Gasteiger partial charge < -0.3 is 20.1 Å². The van der Waals surface area contributed by atoms with E-state index < -0.39 is 24.4 Å². The molecule has 7 nitrogen and oxygen atoms in total. The number of amides is 2. The summed E-state index contributed by atoms with van der Waals surface area (Å²) in [5.74, 6) is -0.736. The predicted octanol–water partition coefficient (Wildman–Crippen LogP) is 6.99. The molecule has 0 aliphatic carbocycles. The van der Waals surface area contributed by atoms with Crippen LogP contribution in [0.2, 0.25) is 20.1 Å². The molecule has 3 aromatic rings. The van der Waals surface area contributed by atoms with Crippen LogP contribution in [0.5, 0.6) is 11.5 Å². The zero-order valence-corrected chi connectivity index (χ0v) is 21.0. The van der Waals surface area contributed by atoms with Crippen LogP contribution in [-0.4, -0.2) is 24.4 Å². The molecule has 0 fully saturated rings. The lowest BCUT2D eigenvalue weighted by atomic mass is 10.2. The first-order chi connectivity index (χ1) is 16.7. The van der Waals surface area contributed by atoms with Gasteiger partial charge in [-0.25, -0.2) is 0 Å². The van der Waals surface area contributed by atoms with Gasteiger partial charge in [-0.05, 0) is 54.6 Å². The number of anilines is 2. The Morgan fingerprint density at radius 1 is 0.771 bits per heavy atom. The molecule has 3 rings (SSSR count). The third kappa shape index (κ3) is 8.33. The van der Waals surface area contributed by atoms with Crippen molar-refractivity contribution < 1.29 is 23.9 Å². The van der Waals surface area contributed by atoms with E-state index in [4.69, 9.17) is 55.9 Å². The summed E-state index contributed by atoms with van der Waals surface area (Å²) in [7, 11) is 0. The highest BCUT2D eigenvalue weighted by Crippen LogP contribution is 2.32. The summed E-state index contributed by atoms with van der Waals surface area (Å²) in [6, 6.07) is 16.2. The average Bonchev–Trinajstić information content (AvgIpc) is 2.82. The molecule has 11 heteroatoms. The van der Waals surface area contributed by atoms with Crippen molar-refractivity contribution in [3.63, 3.8) is 0 Å². The van der Waals surface area contributed by atoms with Gasteiger partial charge in [0.05, 0.1) is 27.2 Å². The van der Waals surface area contributed by atoms with Gasteiger partial charge in [0, 0.05) is 17.1 Å². The molecule has 0 saturated carbocycles. The van der Waals surface area contributed by atoms with Crippen molar-refractivity contribution in [1.29, 1.82) is 0 Å². The smallest absolute Gasteiger partial charge is 0.306 e. The van der Waals surface area contributed by atoms with Crippen LogP contribution in [0.15, 0.2) is 60.7 Å². The number of hydrogen-bond donors (Lipinski definition) is 2. The summed E-state index contributed by atoms with van der Waals surface area (Å²) >= 11 is 23.8. The number of esters is 1. The van der Waals surface area contributed by atoms with Gasteiger partial charge in [-0.15, -0.1) is 0 Å². The van der Waals surface area contributed by atoms with E-state index in [-0.39, 0.29) is 22.9 Å². The molecule has 0 bridgehead atoms. The zero-order valence-electron chi connectivity index (χ0n) is 17.9. The molecule has 0 radical (unpaired) electrons. The number of benzene rings is 3. The fourth-order valence-electron chi connectivity index (χ4n) is 2.74. The minimum Gasteiger partial charge on any atom is -0.456 e.